The van der Waals surface area contributed by atoms with E-state index in [0.717, 1.165) is 12.8 Å². The number of hydrogen-bond donors (Lipinski definition) is 0. The maximum absolute atomic E-state index is 5.24. The molecule has 0 nitrogen and oxygen atoms in total. The molecule has 0 rings (SSSR count). The monoisotopic (exact) mass is 336 g/mol. The van der Waals surface area contributed by atoms with Crippen molar-refractivity contribution in [2.45, 2.75) is 104 Å². The van der Waals surface area contributed by atoms with Crippen LogP contribution in [0.3, 0.4) is 0 Å². The molecule has 0 aromatic heterocycles. The number of unbranched alkanes of at least 4 members (excludes halogenated alkanes) is 12. The zero-order chi connectivity index (χ0) is 15.3. The summed E-state index contributed by atoms with van der Waals surface area (Å²) in [6.07, 6.45) is 22.0. The van der Waals surface area contributed by atoms with E-state index in [0.29, 0.717) is 0 Å². The van der Waals surface area contributed by atoms with Crippen LogP contribution in [-0.4, -0.2) is 0 Å². The van der Waals surface area contributed by atoms with Crippen LogP contribution in [0.4, 0.5) is 0 Å². The van der Waals surface area contributed by atoms with E-state index in [1.807, 2.05) is 0 Å². The van der Waals surface area contributed by atoms with Gasteiger partial charge in [-0.15, -0.1) is 0 Å². The first kappa shape index (κ1) is 25.9. The second-order valence-electron chi connectivity index (χ2n) is 5.58. The first-order valence-electron chi connectivity index (χ1n) is 8.90. The summed E-state index contributed by atoms with van der Waals surface area (Å²) >= 11 is 0. The van der Waals surface area contributed by atoms with Crippen LogP contribution in [0, 0.1) is 13.2 Å². The number of rotatable bonds is 14. The SMILES string of the molecule is [CH-]=CCCCCCCCC.[CH-]=CCCCCCCCC.[Ni+2]. The van der Waals surface area contributed by atoms with Crippen LogP contribution in [0.25, 0.3) is 0 Å². The zero-order valence-electron chi connectivity index (χ0n) is 14.5. The smallest absolute Gasteiger partial charge is 0.518 e. The average molecular weight is 337 g/mol. The Labute approximate surface area is 145 Å². The summed E-state index contributed by atoms with van der Waals surface area (Å²) in [5.41, 5.74) is 0. The van der Waals surface area contributed by atoms with Crippen molar-refractivity contribution < 1.29 is 16.5 Å². The third-order valence-corrected chi connectivity index (χ3v) is 3.45. The average Bonchev–Trinajstić information content (AvgIpc) is 2.47. The van der Waals surface area contributed by atoms with Gasteiger partial charge in [-0.3, -0.25) is 12.2 Å². The van der Waals surface area contributed by atoms with Gasteiger partial charge in [0, 0.05) is 0 Å². The van der Waals surface area contributed by atoms with Crippen LogP contribution in [-0.2, 0) is 16.5 Å². The Balaban J connectivity index is -0.000000295. The molecular formula is C20H38Ni. The molecule has 1 heteroatoms. The van der Waals surface area contributed by atoms with Crippen LogP contribution in [0.15, 0.2) is 12.2 Å². The molecule has 0 aliphatic heterocycles. The van der Waals surface area contributed by atoms with Gasteiger partial charge in [0.25, 0.3) is 0 Å². The molecular weight excluding hydrogens is 299 g/mol. The van der Waals surface area contributed by atoms with Crippen molar-refractivity contribution in [3.63, 3.8) is 0 Å². The zero-order valence-corrected chi connectivity index (χ0v) is 15.5. The topological polar surface area (TPSA) is 0 Å². The molecule has 0 aromatic carbocycles. The van der Waals surface area contributed by atoms with Gasteiger partial charge in [-0.2, -0.15) is 0 Å². The summed E-state index contributed by atoms with van der Waals surface area (Å²) in [5.74, 6) is 0. The molecule has 0 amide bonds. The van der Waals surface area contributed by atoms with Crippen molar-refractivity contribution in [3.05, 3.63) is 25.3 Å². The third kappa shape index (κ3) is 33.0. The fourth-order valence-corrected chi connectivity index (χ4v) is 2.09. The molecule has 0 bridgehead atoms. The maximum Gasteiger partial charge on any atom is 2.00 e. The van der Waals surface area contributed by atoms with E-state index in [1.54, 1.807) is 12.2 Å². The molecule has 0 radical (unpaired) electrons. The van der Waals surface area contributed by atoms with Crippen LogP contribution in [0.2, 0.25) is 0 Å². The van der Waals surface area contributed by atoms with Crippen LogP contribution in [0.1, 0.15) is 104 Å². The molecule has 0 unspecified atom stereocenters. The van der Waals surface area contributed by atoms with Crippen molar-refractivity contribution in [3.8, 4) is 0 Å². The van der Waals surface area contributed by atoms with Gasteiger partial charge >= 0.3 is 16.5 Å². The van der Waals surface area contributed by atoms with E-state index < -0.39 is 0 Å². The molecule has 0 saturated heterocycles. The minimum Gasteiger partial charge on any atom is -0.518 e. The fraction of sp³-hybridized carbons (Fsp3) is 0.800. The Morgan fingerprint density at radius 2 is 0.810 bits per heavy atom. The molecule has 0 heterocycles. The van der Waals surface area contributed by atoms with E-state index in [9.17, 15) is 0 Å². The summed E-state index contributed by atoms with van der Waals surface area (Å²) in [6, 6.07) is 0. The molecule has 0 spiro atoms. The predicted octanol–water partition coefficient (Wildman–Crippen LogP) is 7.45. The van der Waals surface area contributed by atoms with Crippen molar-refractivity contribution in [2.24, 2.45) is 0 Å². The predicted molar refractivity (Wildman–Crippen MR) is 93.7 cm³/mol. The molecule has 0 N–H and O–H groups in total. The van der Waals surface area contributed by atoms with Gasteiger partial charge in [-0.1, -0.05) is 104 Å². The summed E-state index contributed by atoms with van der Waals surface area (Å²) in [7, 11) is 0. The Morgan fingerprint density at radius 1 is 0.524 bits per heavy atom. The van der Waals surface area contributed by atoms with Gasteiger partial charge in [0.1, 0.15) is 0 Å². The fourth-order valence-electron chi connectivity index (χ4n) is 2.09. The summed E-state index contributed by atoms with van der Waals surface area (Å²) in [6.45, 7) is 15.0. The number of hydrogen-bond acceptors (Lipinski definition) is 0. The molecule has 21 heavy (non-hydrogen) atoms. The van der Waals surface area contributed by atoms with E-state index >= 15 is 0 Å². The minimum absolute atomic E-state index is 0. The molecule has 0 aliphatic carbocycles. The first-order chi connectivity index (χ1) is 9.83. The van der Waals surface area contributed by atoms with E-state index in [1.165, 1.54) is 77.0 Å². The number of allylic oxidation sites excluding steroid dienone is 2. The maximum atomic E-state index is 5.24. The largest absolute Gasteiger partial charge is 2.00 e. The van der Waals surface area contributed by atoms with Crippen LogP contribution >= 0.6 is 0 Å². The van der Waals surface area contributed by atoms with Crippen molar-refractivity contribution in [2.75, 3.05) is 0 Å². The van der Waals surface area contributed by atoms with E-state index in [-0.39, 0.29) is 16.5 Å². The Bertz CT molecular complexity index is 155. The molecule has 0 atom stereocenters. The molecule has 0 fully saturated rings. The Hall–Kier alpha value is -0.0265. The normalized spacial score (nSPS) is 9.24. The van der Waals surface area contributed by atoms with Gasteiger partial charge in [0.05, 0.1) is 0 Å². The van der Waals surface area contributed by atoms with E-state index in [4.69, 9.17) is 13.2 Å². The second kappa shape index (κ2) is 28.2. The van der Waals surface area contributed by atoms with Gasteiger partial charge in [-0.25, -0.2) is 0 Å². The standard InChI is InChI=1S/2C10H19.Ni/c2*1-3-5-7-9-10-8-6-4-2;/h2*1,3H,4-10H2,2H3;/q2*-1;+2. The minimum atomic E-state index is 0. The quantitative estimate of drug-likeness (QED) is 0.175. The Kier molecular flexibility index (Phi) is 34.8. The van der Waals surface area contributed by atoms with Crippen molar-refractivity contribution in [1.29, 1.82) is 0 Å². The Morgan fingerprint density at radius 3 is 1.10 bits per heavy atom. The summed E-state index contributed by atoms with van der Waals surface area (Å²) in [5, 5.41) is 0. The van der Waals surface area contributed by atoms with Crippen molar-refractivity contribution >= 4 is 0 Å². The third-order valence-electron chi connectivity index (χ3n) is 3.45. The summed E-state index contributed by atoms with van der Waals surface area (Å²) < 4.78 is 0. The van der Waals surface area contributed by atoms with Gasteiger partial charge in [0.15, 0.2) is 0 Å². The first-order valence-corrected chi connectivity index (χ1v) is 8.90. The van der Waals surface area contributed by atoms with E-state index in [2.05, 4.69) is 13.8 Å². The second-order valence-corrected chi connectivity index (χ2v) is 5.58. The molecule has 128 valence electrons. The van der Waals surface area contributed by atoms with Gasteiger partial charge < -0.3 is 13.2 Å². The van der Waals surface area contributed by atoms with Crippen molar-refractivity contribution in [1.82, 2.24) is 0 Å². The van der Waals surface area contributed by atoms with Gasteiger partial charge in [0.2, 0.25) is 0 Å². The summed E-state index contributed by atoms with van der Waals surface area (Å²) in [4.78, 5) is 0. The molecule has 0 aromatic rings. The molecule has 0 saturated carbocycles. The van der Waals surface area contributed by atoms with Crippen LogP contribution in [0.5, 0.6) is 0 Å². The molecule has 0 aliphatic rings. The van der Waals surface area contributed by atoms with Crippen LogP contribution < -0.4 is 0 Å². The van der Waals surface area contributed by atoms with Gasteiger partial charge in [-0.05, 0) is 0 Å².